The van der Waals surface area contributed by atoms with Crippen molar-refractivity contribution in [3.63, 3.8) is 0 Å². The molecule has 5 heteroatoms. The van der Waals surface area contributed by atoms with Crippen molar-refractivity contribution < 1.29 is 4.74 Å². The van der Waals surface area contributed by atoms with Crippen LogP contribution < -0.4 is 5.32 Å². The largest absolute Gasteiger partial charge is 0.376 e. The molecule has 0 spiro atoms. The van der Waals surface area contributed by atoms with Crippen LogP contribution in [0.25, 0.3) is 11.4 Å². The van der Waals surface area contributed by atoms with Crippen molar-refractivity contribution in [2.45, 2.75) is 20.0 Å². The SMILES string of the molecule is CCNc1nc(-c2ccccc2Br)nc2c1COCC2. The molecule has 1 aromatic carbocycles. The van der Waals surface area contributed by atoms with Gasteiger partial charge in [-0.2, -0.15) is 0 Å². The van der Waals surface area contributed by atoms with E-state index in [1.165, 1.54) is 0 Å². The van der Waals surface area contributed by atoms with Gasteiger partial charge in [0.05, 0.1) is 18.9 Å². The minimum Gasteiger partial charge on any atom is -0.376 e. The third-order valence-electron chi connectivity index (χ3n) is 3.28. The summed E-state index contributed by atoms with van der Waals surface area (Å²) >= 11 is 3.57. The lowest BCUT2D eigenvalue weighted by atomic mass is 10.1. The summed E-state index contributed by atoms with van der Waals surface area (Å²) in [6, 6.07) is 8.03. The van der Waals surface area contributed by atoms with Gasteiger partial charge < -0.3 is 10.1 Å². The first-order chi connectivity index (χ1) is 9.79. The Balaban J connectivity index is 2.13. The van der Waals surface area contributed by atoms with Crippen molar-refractivity contribution >= 4 is 21.7 Å². The highest BCUT2D eigenvalue weighted by molar-refractivity contribution is 9.10. The van der Waals surface area contributed by atoms with Crippen molar-refractivity contribution in [3.8, 4) is 11.4 Å². The van der Waals surface area contributed by atoms with Crippen LogP contribution in [-0.4, -0.2) is 23.1 Å². The number of anilines is 1. The fourth-order valence-electron chi connectivity index (χ4n) is 2.31. The molecule has 1 aliphatic rings. The Labute approximate surface area is 126 Å². The Morgan fingerprint density at radius 3 is 2.95 bits per heavy atom. The molecule has 0 radical (unpaired) electrons. The molecule has 1 N–H and O–H groups in total. The highest BCUT2D eigenvalue weighted by atomic mass is 79.9. The molecule has 0 saturated carbocycles. The molecule has 20 heavy (non-hydrogen) atoms. The second-order valence-corrected chi connectivity index (χ2v) is 5.49. The molecule has 0 atom stereocenters. The minimum atomic E-state index is 0.591. The number of halogens is 1. The van der Waals surface area contributed by atoms with Gasteiger partial charge in [-0.15, -0.1) is 0 Å². The predicted molar refractivity (Wildman–Crippen MR) is 82.7 cm³/mol. The van der Waals surface area contributed by atoms with Gasteiger partial charge in [0.25, 0.3) is 0 Å². The zero-order valence-electron chi connectivity index (χ0n) is 11.3. The fraction of sp³-hybridized carbons (Fsp3) is 0.333. The van der Waals surface area contributed by atoms with E-state index in [1.54, 1.807) is 0 Å². The lowest BCUT2D eigenvalue weighted by Gasteiger charge is -2.20. The van der Waals surface area contributed by atoms with Crippen molar-refractivity contribution in [1.82, 2.24) is 9.97 Å². The molecule has 0 saturated heterocycles. The zero-order valence-corrected chi connectivity index (χ0v) is 12.9. The van der Waals surface area contributed by atoms with Gasteiger partial charge in [0.15, 0.2) is 5.82 Å². The van der Waals surface area contributed by atoms with Crippen LogP contribution in [0.2, 0.25) is 0 Å². The Hall–Kier alpha value is -1.46. The molecule has 0 aliphatic carbocycles. The average molecular weight is 334 g/mol. The van der Waals surface area contributed by atoms with Crippen LogP contribution in [0.1, 0.15) is 18.2 Å². The van der Waals surface area contributed by atoms with Gasteiger partial charge in [0.2, 0.25) is 0 Å². The molecule has 4 nitrogen and oxygen atoms in total. The summed E-state index contributed by atoms with van der Waals surface area (Å²) in [5.41, 5.74) is 3.20. The lowest BCUT2D eigenvalue weighted by Crippen LogP contribution is -2.17. The predicted octanol–water partition coefficient (Wildman–Crippen LogP) is 3.41. The summed E-state index contributed by atoms with van der Waals surface area (Å²) in [6.07, 6.45) is 0.841. The normalized spacial score (nSPS) is 13.9. The van der Waals surface area contributed by atoms with E-state index in [0.29, 0.717) is 6.61 Å². The van der Waals surface area contributed by atoms with E-state index in [-0.39, 0.29) is 0 Å². The number of benzene rings is 1. The van der Waals surface area contributed by atoms with Gasteiger partial charge in [-0.1, -0.05) is 34.1 Å². The molecule has 2 heterocycles. The van der Waals surface area contributed by atoms with Crippen molar-refractivity contribution in [1.29, 1.82) is 0 Å². The number of ether oxygens (including phenoxy) is 1. The summed E-state index contributed by atoms with van der Waals surface area (Å²) in [4.78, 5) is 9.40. The Morgan fingerprint density at radius 1 is 1.30 bits per heavy atom. The summed E-state index contributed by atoms with van der Waals surface area (Å²) in [6.45, 7) is 4.22. The molecule has 0 amide bonds. The maximum Gasteiger partial charge on any atom is 0.162 e. The van der Waals surface area contributed by atoms with Crippen LogP contribution in [0.5, 0.6) is 0 Å². The quantitative estimate of drug-likeness (QED) is 0.934. The van der Waals surface area contributed by atoms with Crippen molar-refractivity contribution in [2.75, 3.05) is 18.5 Å². The Bertz CT molecular complexity index is 631. The van der Waals surface area contributed by atoms with Gasteiger partial charge in [-0.25, -0.2) is 9.97 Å². The van der Waals surface area contributed by atoms with Gasteiger partial charge >= 0.3 is 0 Å². The number of hydrogen-bond donors (Lipinski definition) is 1. The molecule has 1 aromatic heterocycles. The van der Waals surface area contributed by atoms with E-state index in [0.717, 1.165) is 52.5 Å². The second-order valence-electron chi connectivity index (χ2n) is 4.63. The van der Waals surface area contributed by atoms with Crippen LogP contribution in [0.4, 0.5) is 5.82 Å². The minimum absolute atomic E-state index is 0.591. The average Bonchev–Trinajstić information content (AvgIpc) is 2.48. The molecule has 3 rings (SSSR count). The second kappa shape index (κ2) is 5.89. The third-order valence-corrected chi connectivity index (χ3v) is 3.97. The van der Waals surface area contributed by atoms with Crippen LogP contribution in [0.3, 0.4) is 0 Å². The molecule has 0 unspecified atom stereocenters. The number of rotatable bonds is 3. The van der Waals surface area contributed by atoms with Crippen LogP contribution in [0, 0.1) is 0 Å². The van der Waals surface area contributed by atoms with Crippen LogP contribution in [-0.2, 0) is 17.8 Å². The summed E-state index contributed by atoms with van der Waals surface area (Å²) in [5.74, 6) is 1.65. The van der Waals surface area contributed by atoms with Gasteiger partial charge in [-0.3, -0.25) is 0 Å². The number of nitrogens with zero attached hydrogens (tertiary/aromatic N) is 2. The summed E-state index contributed by atoms with van der Waals surface area (Å²) < 4.78 is 6.53. The maximum atomic E-state index is 5.52. The monoisotopic (exact) mass is 333 g/mol. The van der Waals surface area contributed by atoms with Crippen LogP contribution in [0.15, 0.2) is 28.7 Å². The first-order valence-electron chi connectivity index (χ1n) is 6.76. The maximum absolute atomic E-state index is 5.52. The summed E-state index contributed by atoms with van der Waals surface area (Å²) in [5, 5.41) is 3.32. The number of fused-ring (bicyclic) bond motifs is 1. The summed E-state index contributed by atoms with van der Waals surface area (Å²) in [7, 11) is 0. The van der Waals surface area contributed by atoms with E-state index in [9.17, 15) is 0 Å². The first kappa shape index (κ1) is 13.5. The number of aromatic nitrogens is 2. The lowest BCUT2D eigenvalue weighted by molar-refractivity contribution is 0.109. The van der Waals surface area contributed by atoms with Crippen LogP contribution >= 0.6 is 15.9 Å². The molecule has 0 bridgehead atoms. The standard InChI is InChI=1S/C15H16BrN3O/c1-2-17-14-11-9-20-8-7-13(11)18-15(19-14)10-5-3-4-6-12(10)16/h3-6H,2,7-9H2,1H3,(H,17,18,19). The molecule has 1 aliphatic heterocycles. The molecular formula is C15H16BrN3O. The fourth-order valence-corrected chi connectivity index (χ4v) is 2.77. The molecular weight excluding hydrogens is 318 g/mol. The van der Waals surface area contributed by atoms with E-state index in [4.69, 9.17) is 9.72 Å². The number of nitrogens with one attached hydrogen (secondary N) is 1. The molecule has 104 valence electrons. The van der Waals surface area contributed by atoms with Gasteiger partial charge in [-0.05, 0) is 13.0 Å². The van der Waals surface area contributed by atoms with E-state index in [1.807, 2.05) is 24.3 Å². The van der Waals surface area contributed by atoms with E-state index in [2.05, 4.69) is 33.2 Å². The zero-order chi connectivity index (χ0) is 13.9. The molecule has 0 fully saturated rings. The molecule has 2 aromatic rings. The third kappa shape index (κ3) is 2.55. The Morgan fingerprint density at radius 2 is 2.15 bits per heavy atom. The number of hydrogen-bond acceptors (Lipinski definition) is 4. The van der Waals surface area contributed by atoms with Crippen molar-refractivity contribution in [2.24, 2.45) is 0 Å². The topological polar surface area (TPSA) is 47.0 Å². The van der Waals surface area contributed by atoms with E-state index < -0.39 is 0 Å². The first-order valence-corrected chi connectivity index (χ1v) is 7.55. The van der Waals surface area contributed by atoms with E-state index >= 15 is 0 Å². The van der Waals surface area contributed by atoms with Gasteiger partial charge in [0, 0.05) is 28.6 Å². The van der Waals surface area contributed by atoms with Gasteiger partial charge in [0.1, 0.15) is 5.82 Å². The highest BCUT2D eigenvalue weighted by Gasteiger charge is 2.19. The smallest absolute Gasteiger partial charge is 0.162 e. The highest BCUT2D eigenvalue weighted by Crippen LogP contribution is 2.29. The Kier molecular flexibility index (Phi) is 3.98. The van der Waals surface area contributed by atoms with Crippen molar-refractivity contribution in [3.05, 3.63) is 40.0 Å².